The van der Waals surface area contributed by atoms with Crippen LogP contribution in [-0.4, -0.2) is 0 Å². The standard InChI is InChI=1S/C52H41NS/c1-51(2,35-16-6-5-7-17-35)36-26-28-37(29-27-36)53(38-30-31-45-43(33-38)40-19-10-12-22-44(40)52(45,3)4)46-32-25-34-15-8-9-18-39(34)49(46)42-21-14-24-48-50(42)41-20-11-13-23-47(41)54-48/h5-33H,1-4H3. The molecule has 0 spiro atoms. The van der Waals surface area contributed by atoms with Gasteiger partial charge in [0.1, 0.15) is 0 Å². The molecule has 260 valence electrons. The van der Waals surface area contributed by atoms with Crippen molar-refractivity contribution in [2.45, 2.75) is 38.5 Å². The van der Waals surface area contributed by atoms with Gasteiger partial charge in [0.25, 0.3) is 0 Å². The molecule has 0 aliphatic heterocycles. The van der Waals surface area contributed by atoms with E-state index in [1.54, 1.807) is 0 Å². The molecule has 0 N–H and O–H groups in total. The number of benzene rings is 8. The van der Waals surface area contributed by atoms with Crippen molar-refractivity contribution in [1.82, 2.24) is 0 Å². The molecular weight excluding hydrogens is 671 g/mol. The van der Waals surface area contributed by atoms with Gasteiger partial charge in [-0.05, 0) is 92.2 Å². The van der Waals surface area contributed by atoms with E-state index < -0.39 is 0 Å². The molecule has 1 nitrogen and oxygen atoms in total. The van der Waals surface area contributed by atoms with Crippen LogP contribution in [0.4, 0.5) is 17.1 Å². The smallest absolute Gasteiger partial charge is 0.0546 e. The Labute approximate surface area is 321 Å². The second kappa shape index (κ2) is 12.3. The molecule has 0 unspecified atom stereocenters. The van der Waals surface area contributed by atoms with E-state index in [9.17, 15) is 0 Å². The highest BCUT2D eigenvalue weighted by atomic mass is 32.1. The van der Waals surface area contributed by atoms with Crippen LogP contribution in [0.2, 0.25) is 0 Å². The summed E-state index contributed by atoms with van der Waals surface area (Å²) in [7, 11) is 0. The van der Waals surface area contributed by atoms with Crippen molar-refractivity contribution in [3.8, 4) is 22.3 Å². The minimum absolute atomic E-state index is 0.0658. The van der Waals surface area contributed by atoms with E-state index in [1.807, 2.05) is 11.3 Å². The van der Waals surface area contributed by atoms with Crippen LogP contribution < -0.4 is 4.90 Å². The van der Waals surface area contributed by atoms with E-state index in [-0.39, 0.29) is 10.8 Å². The van der Waals surface area contributed by atoms with Crippen LogP contribution in [0, 0.1) is 0 Å². The van der Waals surface area contributed by atoms with Crippen molar-refractivity contribution in [2.24, 2.45) is 0 Å². The number of fused-ring (bicyclic) bond motifs is 7. The Morgan fingerprint density at radius 2 is 1.11 bits per heavy atom. The van der Waals surface area contributed by atoms with Gasteiger partial charge >= 0.3 is 0 Å². The summed E-state index contributed by atoms with van der Waals surface area (Å²) in [4.78, 5) is 2.50. The average molecular weight is 712 g/mol. The van der Waals surface area contributed by atoms with Crippen LogP contribution in [0.1, 0.15) is 49.9 Å². The highest BCUT2D eigenvalue weighted by Gasteiger charge is 2.36. The maximum absolute atomic E-state index is 2.50. The number of hydrogen-bond donors (Lipinski definition) is 0. The third-order valence-electron chi connectivity index (χ3n) is 12.0. The summed E-state index contributed by atoms with van der Waals surface area (Å²) in [6.07, 6.45) is 0. The lowest BCUT2D eigenvalue weighted by Gasteiger charge is -2.31. The number of hydrogen-bond acceptors (Lipinski definition) is 2. The second-order valence-electron chi connectivity index (χ2n) is 15.7. The van der Waals surface area contributed by atoms with Gasteiger partial charge in [-0.2, -0.15) is 0 Å². The van der Waals surface area contributed by atoms with Gasteiger partial charge in [0.05, 0.1) is 5.69 Å². The van der Waals surface area contributed by atoms with Gasteiger partial charge in [-0.25, -0.2) is 0 Å². The lowest BCUT2D eigenvalue weighted by atomic mass is 9.78. The summed E-state index contributed by atoms with van der Waals surface area (Å²) in [6, 6.07) is 65.5. The Balaban J connectivity index is 1.25. The van der Waals surface area contributed by atoms with Gasteiger partial charge in [-0.15, -0.1) is 11.3 Å². The van der Waals surface area contributed by atoms with Crippen LogP contribution >= 0.6 is 11.3 Å². The van der Waals surface area contributed by atoms with Crippen molar-refractivity contribution >= 4 is 59.3 Å². The first-order valence-corrected chi connectivity index (χ1v) is 19.8. The topological polar surface area (TPSA) is 3.24 Å². The number of nitrogens with zero attached hydrogens (tertiary/aromatic N) is 1. The lowest BCUT2D eigenvalue weighted by molar-refractivity contribution is 0.641. The summed E-state index contributed by atoms with van der Waals surface area (Å²) in [6.45, 7) is 9.36. The Bertz CT molecular complexity index is 2880. The molecular formula is C52H41NS. The maximum atomic E-state index is 2.50. The predicted octanol–water partition coefficient (Wildman–Crippen LogP) is 15.0. The van der Waals surface area contributed by atoms with E-state index in [4.69, 9.17) is 0 Å². The van der Waals surface area contributed by atoms with Crippen LogP contribution in [-0.2, 0) is 10.8 Å². The first-order valence-electron chi connectivity index (χ1n) is 18.9. The van der Waals surface area contributed by atoms with Crippen molar-refractivity contribution in [2.75, 3.05) is 4.90 Å². The van der Waals surface area contributed by atoms with Crippen LogP contribution in [0.25, 0.3) is 53.2 Å². The molecule has 9 aromatic rings. The Morgan fingerprint density at radius 1 is 0.481 bits per heavy atom. The number of thiophene rings is 1. The Hall–Kier alpha value is -5.96. The summed E-state index contributed by atoms with van der Waals surface area (Å²) in [5, 5.41) is 5.11. The number of anilines is 3. The minimum atomic E-state index is -0.142. The molecule has 54 heavy (non-hydrogen) atoms. The minimum Gasteiger partial charge on any atom is -0.310 e. The van der Waals surface area contributed by atoms with E-state index in [0.29, 0.717) is 0 Å². The molecule has 0 amide bonds. The van der Waals surface area contributed by atoms with Gasteiger partial charge in [-0.1, -0.05) is 161 Å². The fourth-order valence-electron chi connectivity index (χ4n) is 9.04. The molecule has 1 aromatic heterocycles. The molecule has 2 heteroatoms. The largest absolute Gasteiger partial charge is 0.310 e. The third-order valence-corrected chi connectivity index (χ3v) is 13.1. The van der Waals surface area contributed by atoms with Gasteiger partial charge in [0, 0.05) is 47.9 Å². The zero-order valence-electron chi connectivity index (χ0n) is 31.1. The van der Waals surface area contributed by atoms with Crippen molar-refractivity contribution < 1.29 is 0 Å². The molecule has 1 aliphatic carbocycles. The SMILES string of the molecule is CC(C)(c1ccccc1)c1ccc(N(c2ccc3c(c2)-c2ccccc2C3(C)C)c2ccc3ccccc3c2-c2cccc3sc4ccccc4c23)cc1. The summed E-state index contributed by atoms with van der Waals surface area (Å²) >= 11 is 1.88. The molecule has 0 saturated carbocycles. The fraction of sp³-hybridized carbons (Fsp3) is 0.115. The summed E-state index contributed by atoms with van der Waals surface area (Å²) in [5.74, 6) is 0. The molecule has 1 aliphatic rings. The van der Waals surface area contributed by atoms with Crippen molar-refractivity contribution in [3.05, 3.63) is 198 Å². The zero-order valence-corrected chi connectivity index (χ0v) is 31.9. The third kappa shape index (κ3) is 4.97. The highest BCUT2D eigenvalue weighted by molar-refractivity contribution is 7.25. The lowest BCUT2D eigenvalue weighted by Crippen LogP contribution is -2.19. The quantitative estimate of drug-likeness (QED) is 0.166. The molecule has 0 saturated heterocycles. The normalized spacial score (nSPS) is 13.3. The number of rotatable bonds is 6. The summed E-state index contributed by atoms with van der Waals surface area (Å²) < 4.78 is 2.62. The van der Waals surface area contributed by atoms with Crippen LogP contribution in [0.15, 0.2) is 176 Å². The average Bonchev–Trinajstić information content (AvgIpc) is 3.70. The van der Waals surface area contributed by atoms with Crippen molar-refractivity contribution in [1.29, 1.82) is 0 Å². The zero-order chi connectivity index (χ0) is 36.6. The van der Waals surface area contributed by atoms with Gasteiger partial charge < -0.3 is 4.90 Å². The first kappa shape index (κ1) is 32.7. The second-order valence-corrected chi connectivity index (χ2v) is 16.8. The van der Waals surface area contributed by atoms with E-state index in [2.05, 4.69) is 209 Å². The molecule has 8 aromatic carbocycles. The molecule has 1 heterocycles. The Morgan fingerprint density at radius 3 is 1.94 bits per heavy atom. The van der Waals surface area contributed by atoms with Crippen LogP contribution in [0.5, 0.6) is 0 Å². The molecule has 0 radical (unpaired) electrons. The summed E-state index contributed by atoms with van der Waals surface area (Å²) in [5.41, 5.74) is 13.7. The van der Waals surface area contributed by atoms with E-state index >= 15 is 0 Å². The maximum Gasteiger partial charge on any atom is 0.0546 e. The molecule has 0 atom stereocenters. The van der Waals surface area contributed by atoms with Gasteiger partial charge in [-0.3, -0.25) is 0 Å². The Kier molecular flexibility index (Phi) is 7.44. The fourth-order valence-corrected chi connectivity index (χ4v) is 10.2. The van der Waals surface area contributed by atoms with Gasteiger partial charge in [0.2, 0.25) is 0 Å². The van der Waals surface area contributed by atoms with Crippen molar-refractivity contribution in [3.63, 3.8) is 0 Å². The van der Waals surface area contributed by atoms with E-state index in [1.165, 1.54) is 75.5 Å². The molecule has 0 fully saturated rings. The molecule has 10 rings (SSSR count). The highest BCUT2D eigenvalue weighted by Crippen LogP contribution is 2.53. The van der Waals surface area contributed by atoms with E-state index in [0.717, 1.165) is 17.1 Å². The van der Waals surface area contributed by atoms with Crippen LogP contribution in [0.3, 0.4) is 0 Å². The predicted molar refractivity (Wildman–Crippen MR) is 233 cm³/mol. The first-order chi connectivity index (χ1) is 26.3. The molecule has 0 bridgehead atoms. The van der Waals surface area contributed by atoms with Gasteiger partial charge in [0.15, 0.2) is 0 Å². The monoisotopic (exact) mass is 711 g/mol.